The largest absolute Gasteiger partial charge is 0.396 e. The van der Waals surface area contributed by atoms with Crippen LogP contribution < -0.4 is 16.0 Å². The van der Waals surface area contributed by atoms with Crippen molar-refractivity contribution in [3.63, 3.8) is 0 Å². The van der Waals surface area contributed by atoms with E-state index < -0.39 is 0 Å². The number of aliphatic hydroxyl groups excluding tert-OH is 1. The van der Waals surface area contributed by atoms with Gasteiger partial charge >= 0.3 is 0 Å². The molecule has 8 heteroatoms. The number of hydrogen-bond acceptors (Lipinski definition) is 3. The van der Waals surface area contributed by atoms with Crippen molar-refractivity contribution in [2.45, 2.75) is 12.8 Å². The van der Waals surface area contributed by atoms with Crippen LogP contribution in [0.5, 0.6) is 0 Å². The normalized spacial score (nSPS) is 11.9. The lowest BCUT2D eigenvalue weighted by molar-refractivity contribution is -0.115. The molecule has 4 N–H and O–H groups in total. The Bertz CT molecular complexity index is 787. The van der Waals surface area contributed by atoms with Crippen LogP contribution in [0.2, 0.25) is 0 Å². The molecule has 0 aliphatic heterocycles. The number of halogens is 2. The molecule has 0 saturated carbocycles. The Morgan fingerprint density at radius 3 is 2.54 bits per heavy atom. The van der Waals surface area contributed by atoms with Gasteiger partial charge in [0.25, 0.3) is 0 Å². The lowest BCUT2D eigenvalue weighted by Gasteiger charge is -2.18. The van der Waals surface area contributed by atoms with Crippen molar-refractivity contribution in [1.29, 1.82) is 0 Å². The third-order valence-electron chi connectivity index (χ3n) is 4.12. The zero-order chi connectivity index (χ0) is 19.6. The summed E-state index contributed by atoms with van der Waals surface area (Å²) < 4.78 is 0.907. The van der Waals surface area contributed by atoms with Gasteiger partial charge in [-0.05, 0) is 30.2 Å². The van der Waals surface area contributed by atoms with E-state index in [0.29, 0.717) is 12.5 Å². The molecule has 0 bridgehead atoms. The lowest BCUT2D eigenvalue weighted by Crippen LogP contribution is -2.43. The van der Waals surface area contributed by atoms with Crippen molar-refractivity contribution in [3.8, 4) is 0 Å². The number of amides is 1. The van der Waals surface area contributed by atoms with Crippen LogP contribution in [0, 0.1) is 6.92 Å². The number of benzene rings is 2. The van der Waals surface area contributed by atoms with Crippen LogP contribution in [-0.4, -0.2) is 43.7 Å². The molecular formula is C20H26BrIN4O2. The number of guanidine groups is 1. The molecule has 2 aromatic rings. The van der Waals surface area contributed by atoms with E-state index in [2.05, 4.69) is 36.9 Å². The van der Waals surface area contributed by atoms with Crippen LogP contribution in [0.1, 0.15) is 17.0 Å². The van der Waals surface area contributed by atoms with E-state index in [0.717, 1.165) is 21.3 Å². The highest BCUT2D eigenvalue weighted by Gasteiger charge is 2.12. The van der Waals surface area contributed by atoms with Crippen molar-refractivity contribution in [1.82, 2.24) is 10.6 Å². The van der Waals surface area contributed by atoms with E-state index in [1.165, 1.54) is 0 Å². The molecule has 0 heterocycles. The van der Waals surface area contributed by atoms with Crippen molar-refractivity contribution in [2.24, 2.45) is 4.99 Å². The standard InChI is InChI=1S/C20H25BrN4O2.HI/c1-14-8-9-17(21)10-18(14)25-19(27)12-24-20(22-2)23-11-16(13-26)15-6-4-3-5-7-15;/h3-10,16,26H,11-13H2,1-2H3,(H,25,27)(H2,22,23,24);1H. The predicted molar refractivity (Wildman–Crippen MR) is 129 cm³/mol. The fourth-order valence-corrected chi connectivity index (χ4v) is 2.90. The molecule has 1 unspecified atom stereocenters. The Kier molecular flexibility index (Phi) is 11.1. The van der Waals surface area contributed by atoms with Crippen LogP contribution in [-0.2, 0) is 4.79 Å². The van der Waals surface area contributed by atoms with Gasteiger partial charge in [0.05, 0.1) is 13.2 Å². The second-order valence-electron chi connectivity index (χ2n) is 6.10. The molecule has 0 aliphatic rings. The maximum absolute atomic E-state index is 12.2. The molecule has 1 atom stereocenters. The molecule has 0 aromatic heterocycles. The fraction of sp³-hybridized carbons (Fsp3) is 0.300. The molecule has 0 aliphatic carbocycles. The van der Waals surface area contributed by atoms with Crippen LogP contribution in [0.3, 0.4) is 0 Å². The molecule has 0 fully saturated rings. The van der Waals surface area contributed by atoms with Crippen molar-refractivity contribution in [2.75, 3.05) is 32.1 Å². The van der Waals surface area contributed by atoms with Gasteiger partial charge in [-0.2, -0.15) is 0 Å². The number of carbonyl (C=O) groups excluding carboxylic acids is 1. The summed E-state index contributed by atoms with van der Waals surface area (Å²) >= 11 is 3.40. The van der Waals surface area contributed by atoms with E-state index in [-0.39, 0.29) is 49.0 Å². The molecule has 0 saturated heterocycles. The van der Waals surface area contributed by atoms with Crippen molar-refractivity contribution < 1.29 is 9.90 Å². The fourth-order valence-electron chi connectivity index (χ4n) is 2.54. The molecule has 6 nitrogen and oxygen atoms in total. The summed E-state index contributed by atoms with van der Waals surface area (Å²) in [5, 5.41) is 18.6. The molecule has 1 amide bonds. The lowest BCUT2D eigenvalue weighted by atomic mass is 10.0. The number of aliphatic imine (C=N–C) groups is 1. The van der Waals surface area contributed by atoms with Crippen molar-refractivity contribution in [3.05, 3.63) is 64.1 Å². The number of nitrogens with zero attached hydrogens (tertiary/aromatic N) is 1. The molecule has 28 heavy (non-hydrogen) atoms. The topological polar surface area (TPSA) is 85.8 Å². The van der Waals surface area contributed by atoms with Crippen LogP contribution >= 0.6 is 39.9 Å². The number of carbonyl (C=O) groups is 1. The Labute approximate surface area is 191 Å². The first-order valence-electron chi connectivity index (χ1n) is 8.69. The predicted octanol–water partition coefficient (Wildman–Crippen LogP) is 3.26. The quantitative estimate of drug-likeness (QED) is 0.238. The van der Waals surface area contributed by atoms with Gasteiger partial charge in [0.2, 0.25) is 5.91 Å². The van der Waals surface area contributed by atoms with Crippen LogP contribution in [0.25, 0.3) is 0 Å². The number of hydrogen-bond donors (Lipinski definition) is 4. The van der Waals surface area contributed by atoms with E-state index in [4.69, 9.17) is 0 Å². The molecule has 2 rings (SSSR count). The Balaban J connectivity index is 0.00000392. The van der Waals surface area contributed by atoms with Gasteiger partial charge < -0.3 is 21.1 Å². The van der Waals surface area contributed by atoms with E-state index in [1.807, 2.05) is 55.5 Å². The average molecular weight is 561 g/mol. The van der Waals surface area contributed by atoms with Gasteiger partial charge in [0.15, 0.2) is 5.96 Å². The smallest absolute Gasteiger partial charge is 0.243 e. The second kappa shape index (κ2) is 12.7. The summed E-state index contributed by atoms with van der Waals surface area (Å²) in [6.45, 7) is 2.55. The SMILES string of the molecule is CN=C(NCC(=O)Nc1cc(Br)ccc1C)NCC(CO)c1ccccc1.I. The first-order chi connectivity index (χ1) is 13.0. The first-order valence-corrected chi connectivity index (χ1v) is 9.49. The summed E-state index contributed by atoms with van der Waals surface area (Å²) in [6, 6.07) is 15.5. The number of nitrogens with one attached hydrogen (secondary N) is 3. The average Bonchev–Trinajstić information content (AvgIpc) is 2.68. The molecule has 0 spiro atoms. The van der Waals surface area contributed by atoms with E-state index >= 15 is 0 Å². The Hall–Kier alpha value is -1.65. The Morgan fingerprint density at radius 1 is 1.18 bits per heavy atom. The van der Waals surface area contributed by atoms with Crippen molar-refractivity contribution >= 4 is 57.5 Å². The minimum absolute atomic E-state index is 0. The Morgan fingerprint density at radius 2 is 1.89 bits per heavy atom. The highest BCUT2D eigenvalue weighted by Crippen LogP contribution is 2.20. The number of rotatable bonds is 7. The number of aryl methyl sites for hydroxylation is 1. The molecule has 152 valence electrons. The first kappa shape index (κ1) is 24.4. The van der Waals surface area contributed by atoms with E-state index in [1.54, 1.807) is 7.05 Å². The van der Waals surface area contributed by atoms with Crippen LogP contribution in [0.4, 0.5) is 5.69 Å². The maximum Gasteiger partial charge on any atom is 0.243 e. The monoisotopic (exact) mass is 560 g/mol. The minimum atomic E-state index is -0.166. The molecule has 2 aromatic carbocycles. The van der Waals surface area contributed by atoms with Crippen LogP contribution in [0.15, 0.2) is 58.0 Å². The molecule has 0 radical (unpaired) electrons. The van der Waals surface area contributed by atoms with Gasteiger partial charge in [-0.3, -0.25) is 9.79 Å². The summed E-state index contributed by atoms with van der Waals surface area (Å²) in [6.07, 6.45) is 0. The zero-order valence-electron chi connectivity index (χ0n) is 15.9. The highest BCUT2D eigenvalue weighted by molar-refractivity contribution is 14.0. The summed E-state index contributed by atoms with van der Waals surface area (Å²) in [5.74, 6) is 0.286. The number of anilines is 1. The van der Waals surface area contributed by atoms with Gasteiger partial charge in [-0.15, -0.1) is 24.0 Å². The third-order valence-corrected chi connectivity index (χ3v) is 4.61. The van der Waals surface area contributed by atoms with Gasteiger partial charge in [0.1, 0.15) is 0 Å². The van der Waals surface area contributed by atoms with Gasteiger partial charge in [0, 0.05) is 29.7 Å². The third kappa shape index (κ3) is 7.76. The van der Waals surface area contributed by atoms with Gasteiger partial charge in [-0.25, -0.2) is 0 Å². The second-order valence-corrected chi connectivity index (χ2v) is 7.02. The summed E-state index contributed by atoms with van der Waals surface area (Å²) in [5.41, 5.74) is 2.80. The van der Waals surface area contributed by atoms with E-state index in [9.17, 15) is 9.90 Å². The van der Waals surface area contributed by atoms with Gasteiger partial charge in [-0.1, -0.05) is 52.3 Å². The molecular weight excluding hydrogens is 535 g/mol. The minimum Gasteiger partial charge on any atom is -0.396 e. The maximum atomic E-state index is 12.2. The summed E-state index contributed by atoms with van der Waals surface area (Å²) in [4.78, 5) is 16.3. The highest BCUT2D eigenvalue weighted by atomic mass is 127. The summed E-state index contributed by atoms with van der Waals surface area (Å²) in [7, 11) is 1.64. The zero-order valence-corrected chi connectivity index (χ0v) is 19.8. The number of aliphatic hydroxyl groups is 1.